The summed E-state index contributed by atoms with van der Waals surface area (Å²) in [5.41, 5.74) is -0.991. The molecule has 0 aliphatic carbocycles. The second-order valence-corrected chi connectivity index (χ2v) is 3.32. The highest BCUT2D eigenvalue weighted by Gasteiger charge is 2.44. The number of hydrogen-bond donors (Lipinski definition) is 0. The van der Waals surface area contributed by atoms with Gasteiger partial charge >= 0.3 is 18.7 Å². The number of ketones is 1. The van der Waals surface area contributed by atoms with Crippen LogP contribution in [0.5, 0.6) is 5.75 Å². The van der Waals surface area contributed by atoms with Crippen LogP contribution in [0.4, 0.5) is 30.7 Å². The molecule has 0 heterocycles. The standard InChI is InChI=1S/C10H5F7O2/c11-8(12)10(16,17)19-6-3-1-2-5(4-6)7(18)9(13,14)15/h1-4,8H. The number of hydrogen-bond acceptors (Lipinski definition) is 2. The van der Waals surface area contributed by atoms with Crippen LogP contribution in [-0.2, 0) is 0 Å². The summed E-state index contributed by atoms with van der Waals surface area (Å²) in [5, 5.41) is 0. The van der Waals surface area contributed by atoms with Crippen molar-refractivity contribution in [1.29, 1.82) is 0 Å². The van der Waals surface area contributed by atoms with Crippen LogP contribution < -0.4 is 4.74 Å². The first-order valence-electron chi connectivity index (χ1n) is 4.60. The van der Waals surface area contributed by atoms with E-state index in [0.717, 1.165) is 12.1 Å². The molecule has 0 unspecified atom stereocenters. The van der Waals surface area contributed by atoms with Crippen molar-refractivity contribution in [1.82, 2.24) is 0 Å². The lowest BCUT2D eigenvalue weighted by Crippen LogP contribution is -2.33. The minimum absolute atomic E-state index is 0.312. The number of alkyl halides is 7. The Hall–Kier alpha value is -1.80. The molecule has 0 aliphatic heterocycles. The summed E-state index contributed by atoms with van der Waals surface area (Å²) in [6, 6.07) is 2.54. The van der Waals surface area contributed by atoms with Gasteiger partial charge in [0.1, 0.15) is 5.75 Å². The smallest absolute Gasteiger partial charge is 0.428 e. The number of rotatable bonds is 4. The molecule has 0 amide bonds. The second kappa shape index (κ2) is 5.06. The minimum atomic E-state index is -5.20. The van der Waals surface area contributed by atoms with Gasteiger partial charge in [0, 0.05) is 5.56 Å². The number of benzene rings is 1. The molecule has 1 aromatic rings. The van der Waals surface area contributed by atoms with Gasteiger partial charge in [-0.2, -0.15) is 30.7 Å². The van der Waals surface area contributed by atoms with Crippen molar-refractivity contribution in [3.05, 3.63) is 29.8 Å². The maximum Gasteiger partial charge on any atom is 0.461 e. The van der Waals surface area contributed by atoms with E-state index >= 15 is 0 Å². The quantitative estimate of drug-likeness (QED) is 0.624. The first-order valence-corrected chi connectivity index (χ1v) is 4.60. The van der Waals surface area contributed by atoms with E-state index < -0.39 is 35.8 Å². The van der Waals surface area contributed by atoms with E-state index in [1.54, 1.807) is 0 Å². The van der Waals surface area contributed by atoms with Crippen LogP contribution in [0.25, 0.3) is 0 Å². The summed E-state index contributed by atoms with van der Waals surface area (Å²) in [7, 11) is 0. The van der Waals surface area contributed by atoms with E-state index in [2.05, 4.69) is 4.74 Å². The molecule has 0 saturated heterocycles. The predicted molar refractivity (Wildman–Crippen MR) is 48.4 cm³/mol. The van der Waals surface area contributed by atoms with Crippen LogP contribution in [0, 0.1) is 0 Å². The highest BCUT2D eigenvalue weighted by molar-refractivity contribution is 6.00. The van der Waals surface area contributed by atoms with Crippen molar-refractivity contribution in [2.75, 3.05) is 0 Å². The van der Waals surface area contributed by atoms with Gasteiger partial charge in [-0.25, -0.2) is 0 Å². The van der Waals surface area contributed by atoms with Gasteiger partial charge in [-0.05, 0) is 12.1 Å². The molecule has 106 valence electrons. The van der Waals surface area contributed by atoms with Gasteiger partial charge in [-0.15, -0.1) is 0 Å². The molecule has 1 aromatic carbocycles. The maximum atomic E-state index is 12.5. The summed E-state index contributed by atoms with van der Waals surface area (Å²) in [5.74, 6) is -3.27. The number of carbonyl (C=O) groups excluding carboxylic acids is 1. The Morgan fingerprint density at radius 3 is 2.16 bits per heavy atom. The SMILES string of the molecule is O=C(c1cccc(OC(F)(F)C(F)F)c1)C(F)(F)F. The fraction of sp³-hybridized carbons (Fsp3) is 0.300. The summed E-state index contributed by atoms with van der Waals surface area (Å²) in [6.07, 6.45) is -14.2. The first-order chi connectivity index (χ1) is 8.54. The zero-order valence-electron chi connectivity index (χ0n) is 8.85. The molecular weight excluding hydrogens is 285 g/mol. The summed E-state index contributed by atoms with van der Waals surface area (Å²) < 4.78 is 88.5. The van der Waals surface area contributed by atoms with Crippen molar-refractivity contribution >= 4 is 5.78 Å². The van der Waals surface area contributed by atoms with Gasteiger partial charge in [0.15, 0.2) is 0 Å². The van der Waals surface area contributed by atoms with Gasteiger partial charge in [-0.1, -0.05) is 12.1 Å². The zero-order chi connectivity index (χ0) is 14.8. The Kier molecular flexibility index (Phi) is 4.06. The van der Waals surface area contributed by atoms with Gasteiger partial charge in [0.2, 0.25) is 0 Å². The molecule has 0 fully saturated rings. The topological polar surface area (TPSA) is 26.3 Å². The molecule has 0 bridgehead atoms. The van der Waals surface area contributed by atoms with Crippen LogP contribution in [0.2, 0.25) is 0 Å². The van der Waals surface area contributed by atoms with E-state index in [4.69, 9.17) is 0 Å². The van der Waals surface area contributed by atoms with Crippen molar-refractivity contribution in [2.24, 2.45) is 0 Å². The van der Waals surface area contributed by atoms with E-state index in [9.17, 15) is 35.5 Å². The van der Waals surface area contributed by atoms with E-state index in [1.807, 2.05) is 0 Å². The van der Waals surface area contributed by atoms with E-state index in [1.165, 1.54) is 0 Å². The maximum absolute atomic E-state index is 12.5. The fourth-order valence-electron chi connectivity index (χ4n) is 1.07. The molecule has 0 aliphatic rings. The molecule has 0 radical (unpaired) electrons. The van der Waals surface area contributed by atoms with Gasteiger partial charge < -0.3 is 4.74 Å². The normalized spacial score (nSPS) is 12.6. The van der Waals surface area contributed by atoms with Crippen LogP contribution in [0.1, 0.15) is 10.4 Å². The average Bonchev–Trinajstić information content (AvgIpc) is 2.26. The predicted octanol–water partition coefficient (Wildman–Crippen LogP) is 3.67. The Bertz CT molecular complexity index is 467. The first kappa shape index (κ1) is 15.3. The number of ether oxygens (including phenoxy) is 1. The van der Waals surface area contributed by atoms with Crippen molar-refractivity contribution < 1.29 is 40.3 Å². The number of halogens is 7. The molecular formula is C10H5F7O2. The van der Waals surface area contributed by atoms with Crippen molar-refractivity contribution in [3.63, 3.8) is 0 Å². The lowest BCUT2D eigenvalue weighted by molar-refractivity contribution is -0.253. The van der Waals surface area contributed by atoms with Crippen LogP contribution >= 0.6 is 0 Å². The van der Waals surface area contributed by atoms with Crippen LogP contribution in [0.15, 0.2) is 24.3 Å². The molecule has 1 rings (SSSR count). The number of carbonyl (C=O) groups is 1. The summed E-state index contributed by atoms with van der Waals surface area (Å²) in [4.78, 5) is 10.8. The molecule has 0 saturated carbocycles. The second-order valence-electron chi connectivity index (χ2n) is 3.32. The van der Waals surface area contributed by atoms with Crippen molar-refractivity contribution in [2.45, 2.75) is 18.7 Å². The van der Waals surface area contributed by atoms with Crippen LogP contribution in [-0.4, -0.2) is 24.5 Å². The largest absolute Gasteiger partial charge is 0.461 e. The molecule has 0 aromatic heterocycles. The lowest BCUT2D eigenvalue weighted by atomic mass is 10.1. The monoisotopic (exact) mass is 290 g/mol. The lowest BCUT2D eigenvalue weighted by Gasteiger charge is -2.17. The van der Waals surface area contributed by atoms with Crippen LogP contribution in [0.3, 0.4) is 0 Å². The Labute approximate surface area is 101 Å². The fourth-order valence-corrected chi connectivity index (χ4v) is 1.07. The zero-order valence-corrected chi connectivity index (χ0v) is 8.85. The molecule has 0 atom stereocenters. The molecule has 0 N–H and O–H groups in total. The summed E-state index contributed by atoms with van der Waals surface area (Å²) >= 11 is 0. The molecule has 0 spiro atoms. The van der Waals surface area contributed by atoms with E-state index in [-0.39, 0.29) is 0 Å². The number of Topliss-reactive ketones (excluding diaryl/α,β-unsaturated/α-hetero) is 1. The highest BCUT2D eigenvalue weighted by Crippen LogP contribution is 2.29. The summed E-state index contributed by atoms with van der Waals surface area (Å²) in [6.45, 7) is 0. The van der Waals surface area contributed by atoms with Gasteiger partial charge in [0.25, 0.3) is 5.78 Å². The highest BCUT2D eigenvalue weighted by atomic mass is 19.4. The molecule has 19 heavy (non-hydrogen) atoms. The van der Waals surface area contributed by atoms with Gasteiger partial charge in [-0.3, -0.25) is 4.79 Å². The van der Waals surface area contributed by atoms with Crippen molar-refractivity contribution in [3.8, 4) is 5.75 Å². The third-order valence-electron chi connectivity index (χ3n) is 1.86. The molecule has 2 nitrogen and oxygen atoms in total. The Balaban J connectivity index is 2.99. The minimum Gasteiger partial charge on any atom is -0.428 e. The Morgan fingerprint density at radius 2 is 1.68 bits per heavy atom. The average molecular weight is 290 g/mol. The Morgan fingerprint density at radius 1 is 1.11 bits per heavy atom. The molecule has 9 heteroatoms. The van der Waals surface area contributed by atoms with E-state index in [0.29, 0.717) is 12.1 Å². The van der Waals surface area contributed by atoms with Gasteiger partial charge in [0.05, 0.1) is 0 Å². The third kappa shape index (κ3) is 3.83. The third-order valence-corrected chi connectivity index (χ3v) is 1.86.